The Balaban J connectivity index is 0.872. The van der Waals surface area contributed by atoms with Crippen molar-refractivity contribution in [1.29, 1.82) is 0 Å². The van der Waals surface area contributed by atoms with Gasteiger partial charge in [-0.2, -0.15) is 13.6 Å². The van der Waals surface area contributed by atoms with Crippen molar-refractivity contribution in [3.05, 3.63) is 46.0 Å². The Bertz CT molecular complexity index is 3510. The van der Waals surface area contributed by atoms with Crippen molar-refractivity contribution < 1.29 is 108 Å². The summed E-state index contributed by atoms with van der Waals surface area (Å²) in [6.45, 7) is -3.22. The average Bonchev–Trinajstić information content (AvgIpc) is 4.21. The van der Waals surface area contributed by atoms with Gasteiger partial charge in [0.25, 0.3) is 17.1 Å². The molecule has 3 fully saturated rings. The zero-order chi connectivity index (χ0) is 55.7. The lowest BCUT2D eigenvalue weighted by atomic mass is 10.1. The third kappa shape index (κ3) is 11.4. The molecule has 6 aromatic rings. The highest BCUT2D eigenvalue weighted by Crippen LogP contribution is 2.68. The molecule has 14 N–H and O–H groups in total. The minimum atomic E-state index is -6.18. The van der Waals surface area contributed by atoms with Crippen molar-refractivity contribution >= 4 is 82.5 Å². The van der Waals surface area contributed by atoms with Gasteiger partial charge in [0.05, 0.1) is 39.5 Å². The summed E-state index contributed by atoms with van der Waals surface area (Å²) in [5.41, 5.74) is 9.96. The minimum Gasteiger partial charge on any atom is -0.387 e. The van der Waals surface area contributed by atoms with Crippen LogP contribution in [0.5, 0.6) is 0 Å². The Morgan fingerprint density at radius 3 is 1.91 bits per heavy atom. The van der Waals surface area contributed by atoms with Crippen LogP contribution in [0.25, 0.3) is 33.5 Å². The molecule has 16 atom stereocenters. The first kappa shape index (κ1) is 56.6. The second-order valence-electron chi connectivity index (χ2n) is 16.9. The van der Waals surface area contributed by atoms with Gasteiger partial charge in [0.2, 0.25) is 17.7 Å². The van der Waals surface area contributed by atoms with Crippen molar-refractivity contribution in [2.24, 2.45) is 7.05 Å². The molecule has 3 saturated heterocycles. The van der Waals surface area contributed by atoms with Crippen molar-refractivity contribution in [3.63, 3.8) is 0 Å². The summed E-state index contributed by atoms with van der Waals surface area (Å²) in [5, 5.41) is 35.7. The van der Waals surface area contributed by atoms with Crippen LogP contribution in [0, 0.1) is 0 Å². The number of aromatic nitrogens is 12. The molecule has 0 saturated carbocycles. The molecule has 0 spiro atoms. The highest BCUT2D eigenvalue weighted by Gasteiger charge is 2.54. The second-order valence-corrected chi connectivity index (χ2v) is 22.9. The van der Waals surface area contributed by atoms with Crippen LogP contribution in [-0.2, 0) is 75.7 Å². The fraction of sp³-hybridized carbons (Fsp3) is 0.559. The number of methoxy groups -OCH3 is 2. The molecule has 39 nitrogen and oxygen atoms in total. The Kier molecular flexibility index (Phi) is 15.8. The normalized spacial score (nSPS) is 30.0. The molecular weight excluding hydrogens is 1130 g/mol. The number of fused-ring (bicyclic) bond motifs is 3. The van der Waals surface area contributed by atoms with E-state index in [9.17, 15) is 62.7 Å². The maximum atomic E-state index is 13.7. The van der Waals surface area contributed by atoms with Gasteiger partial charge >= 0.3 is 36.9 Å². The number of H-pyrrole nitrogens is 2. The molecule has 3 aliphatic rings. The van der Waals surface area contributed by atoms with Gasteiger partial charge in [0, 0.05) is 21.3 Å². The van der Waals surface area contributed by atoms with Gasteiger partial charge in [-0.25, -0.2) is 42.8 Å². The van der Waals surface area contributed by atoms with E-state index < -0.39 is 136 Å². The van der Waals surface area contributed by atoms with Gasteiger partial charge in [-0.3, -0.25) is 51.4 Å². The third-order valence-corrected chi connectivity index (χ3v) is 17.2. The lowest BCUT2D eigenvalue weighted by Gasteiger charge is -2.26. The monoisotopic (exact) mass is 1170 g/mol. The van der Waals surface area contributed by atoms with Crippen LogP contribution in [0.15, 0.2) is 34.9 Å². The largest absolute Gasteiger partial charge is 0.490 e. The number of ether oxygens (including phenoxy) is 5. The Morgan fingerprint density at radius 1 is 0.688 bits per heavy atom. The molecule has 0 aromatic carbocycles. The first-order valence-corrected chi connectivity index (χ1v) is 28.0. The Labute approximate surface area is 428 Å². The highest BCUT2D eigenvalue weighted by molar-refractivity contribution is 7.66. The molecule has 0 amide bonds. The predicted molar refractivity (Wildman–Crippen MR) is 249 cm³/mol. The summed E-state index contributed by atoms with van der Waals surface area (Å²) < 4.78 is 116. The van der Waals surface area contributed by atoms with Crippen LogP contribution < -0.4 is 32.5 Å². The summed E-state index contributed by atoms with van der Waals surface area (Å²) >= 11 is 0. The zero-order valence-electron chi connectivity index (χ0n) is 39.8. The van der Waals surface area contributed by atoms with Crippen LogP contribution >= 0.6 is 31.3 Å². The highest BCUT2D eigenvalue weighted by atomic mass is 31.3. The molecule has 6 aromatic heterocycles. The number of phosphoric acid groups is 4. The standard InChI is InChI=1S/C34H47N15O24P4/c1-37-24-15-25(39-8-38-24)47(9-40-15)32-23(64-4)22(71-74(55,56)65-5-12-18(50)19(51)30(68-12)48-10-41-16-26(48)42-33(35)44-28(16)53)14(70-32)7-67-76(59,60)73-77(61,62)72-75(57,58)66-6-13-21(63-3)20(52)31(69-13)49-11-46(2)17-27(49)43-34(36)45-29(17)54/h8-14,18-23,30-32,50-52H,5-7H2,1-4H3,(H10-,35,36,37,38,39,42,43,44,45,53,54,55,56,57,58,59,60,61,62)/p+1/t12-,13-,14-,18?,19+,20+,21?,22?,23+,30-,31-,32-/m1/s1. The van der Waals surface area contributed by atoms with E-state index in [0.717, 1.165) is 31.4 Å². The topological polar surface area (TPSA) is 537 Å². The van der Waals surface area contributed by atoms with Crippen molar-refractivity contribution in [1.82, 2.24) is 53.6 Å². The fourth-order valence-electron chi connectivity index (χ4n) is 8.73. The average molecular weight is 1170 g/mol. The molecule has 43 heteroatoms. The first-order chi connectivity index (χ1) is 36.2. The molecule has 3 aliphatic heterocycles. The molecule has 7 unspecified atom stereocenters. The number of hydrogen-bond acceptors (Lipinski definition) is 29. The van der Waals surface area contributed by atoms with Gasteiger partial charge in [-0.15, -0.1) is 0 Å². The van der Waals surface area contributed by atoms with E-state index in [-0.39, 0.29) is 51.2 Å². The molecule has 0 bridgehead atoms. The number of anilines is 3. The van der Waals surface area contributed by atoms with Crippen molar-refractivity contribution in [2.45, 2.75) is 73.6 Å². The van der Waals surface area contributed by atoms with Crippen molar-refractivity contribution in [2.75, 3.05) is 57.9 Å². The smallest absolute Gasteiger partial charge is 0.387 e. The van der Waals surface area contributed by atoms with Crippen LogP contribution in [-0.4, -0.2) is 184 Å². The van der Waals surface area contributed by atoms with E-state index in [2.05, 4.69) is 53.8 Å². The first-order valence-electron chi connectivity index (χ1n) is 22.0. The maximum absolute atomic E-state index is 13.7. The van der Waals surface area contributed by atoms with E-state index in [1.54, 1.807) is 7.05 Å². The summed E-state index contributed by atoms with van der Waals surface area (Å²) in [6, 6.07) is 0. The Hall–Kier alpha value is -5.15. The summed E-state index contributed by atoms with van der Waals surface area (Å²) in [4.78, 5) is 96.7. The number of rotatable bonds is 21. The van der Waals surface area contributed by atoms with Crippen LogP contribution in [0.2, 0.25) is 0 Å². The third-order valence-electron chi connectivity index (χ3n) is 12.0. The van der Waals surface area contributed by atoms with Gasteiger partial charge in [-0.05, 0) is 0 Å². The van der Waals surface area contributed by atoms with Crippen LogP contribution in [0.1, 0.15) is 18.7 Å². The van der Waals surface area contributed by atoms with E-state index in [1.165, 1.54) is 33.4 Å². The van der Waals surface area contributed by atoms with E-state index >= 15 is 0 Å². The predicted octanol–water partition coefficient (Wildman–Crippen LogP) is -3.60. The lowest BCUT2D eigenvalue weighted by molar-refractivity contribution is -0.745. The number of nitrogen functional groups attached to an aromatic ring is 2. The molecule has 0 aliphatic carbocycles. The number of imidazole rings is 3. The van der Waals surface area contributed by atoms with E-state index in [4.69, 9.17) is 53.2 Å². The molecule has 9 rings (SSSR count). The van der Waals surface area contributed by atoms with E-state index in [0.29, 0.717) is 0 Å². The number of aryl methyl sites for hydroxylation is 1. The summed E-state index contributed by atoms with van der Waals surface area (Å²) in [5.74, 6) is -0.328. The maximum Gasteiger partial charge on any atom is 0.490 e. The quantitative estimate of drug-likeness (QED) is 0.0245. The van der Waals surface area contributed by atoms with Crippen molar-refractivity contribution in [3.8, 4) is 0 Å². The number of nitrogens with two attached hydrogens (primary N) is 2. The number of phosphoric ester groups is 3. The molecule has 0 radical (unpaired) electrons. The van der Waals surface area contributed by atoms with Crippen LogP contribution in [0.3, 0.4) is 0 Å². The zero-order valence-corrected chi connectivity index (χ0v) is 43.4. The van der Waals surface area contributed by atoms with Gasteiger partial charge in [0.15, 0.2) is 41.4 Å². The van der Waals surface area contributed by atoms with Gasteiger partial charge in [-0.1, -0.05) is 4.98 Å². The molecule has 422 valence electrons. The van der Waals surface area contributed by atoms with Gasteiger partial charge < -0.3 is 75.4 Å². The van der Waals surface area contributed by atoms with E-state index in [1.807, 2.05) is 0 Å². The SMILES string of the molecule is CNc1ncnc2c1ncn2[C@@H]1O[C@H](COP(=O)(O)OP(=O)(O)OP(=O)(O)OC[C@H]2O[C@@H]([n+]3cn(C)c4c(=O)[nH]c(N)nc43)[C@@H](O)C2OC)C(OP(=O)(O)OC[C@H]2O[C@@H](n3cnc4c(=O)[nH]c(N)nc43)[C@@H](O)C2O)[C@@H]1OC. The number of aliphatic hydroxyl groups excluding tert-OH is 3. The minimum absolute atomic E-state index is 0.0239. The lowest BCUT2D eigenvalue weighted by Crippen LogP contribution is -2.46. The van der Waals surface area contributed by atoms with Crippen LogP contribution in [0.4, 0.5) is 17.7 Å². The molecular formula is C34H48N15O24P4+. The number of hydrogen-bond donors (Lipinski definition) is 12. The molecule has 77 heavy (non-hydrogen) atoms. The second kappa shape index (κ2) is 21.5. The summed E-state index contributed by atoms with van der Waals surface area (Å²) in [6.07, 6.45) is -14.2. The Morgan fingerprint density at radius 2 is 1.26 bits per heavy atom. The summed E-state index contributed by atoms with van der Waals surface area (Å²) in [7, 11) is -18.1. The number of nitrogens with zero attached hydrogens (tertiary/aromatic N) is 10. The van der Waals surface area contributed by atoms with Gasteiger partial charge in [0.1, 0.15) is 66.8 Å². The fourth-order valence-corrected chi connectivity index (χ4v) is 13.2. The molecule has 9 heterocycles. The number of aromatic amines is 2. The number of aliphatic hydroxyl groups is 3. The number of nitrogens with one attached hydrogen (secondary N) is 3.